The molecule has 0 saturated carbocycles. The number of nitrogens with zero attached hydrogens (tertiary/aromatic N) is 3. The molecule has 0 heterocycles. The fourth-order valence-electron chi connectivity index (χ4n) is 0. The summed E-state index contributed by atoms with van der Waals surface area (Å²) in [6.45, 7) is 14.2. The van der Waals surface area contributed by atoms with Crippen molar-refractivity contribution in [2.24, 2.45) is 0 Å². The first-order chi connectivity index (χ1) is 3.00. The zero-order valence-electron chi connectivity index (χ0n) is 3.14. The van der Waals surface area contributed by atoms with Crippen LogP contribution in [0.3, 0.4) is 0 Å². The molecular weight excluding hydrogens is 275 g/mol. The van der Waals surface area contributed by atoms with E-state index in [9.17, 15) is 0 Å². The fourth-order valence-corrected chi connectivity index (χ4v) is 0. The Bertz CT molecular complexity index is 38.7. The zero-order valence-corrected chi connectivity index (χ0v) is 5.31. The van der Waals surface area contributed by atoms with Gasteiger partial charge >= 0.3 is 0 Å². The minimum atomic E-state index is 0. The number of hydrogen-bond donors (Lipinski definition) is 0. The van der Waals surface area contributed by atoms with Crippen LogP contribution in [0.15, 0.2) is 0 Å². The van der Waals surface area contributed by atoms with E-state index in [-0.39, 0.29) is 22.4 Å². The predicted octanol–water partition coefficient (Wildman–Crippen LogP) is 0.287. The molecule has 3 nitrogen and oxygen atoms in total. The molecule has 0 unspecified atom stereocenters. The van der Waals surface area contributed by atoms with Gasteiger partial charge in [-0.05, 0) is 0 Å². The molecule has 0 saturated heterocycles. The van der Waals surface area contributed by atoms with E-state index in [0.29, 0.717) is 0 Å². The van der Waals surface area contributed by atoms with Crippen molar-refractivity contribution < 1.29 is 22.4 Å². The average molecular weight is 275 g/mol. The van der Waals surface area contributed by atoms with Gasteiger partial charge in [-0.3, -0.25) is 0 Å². The molecule has 0 aliphatic heterocycles. The Labute approximate surface area is 58.3 Å². The molecule has 0 N–H and O–H groups in total. The molecule has 4 heteroatoms. The molecule has 0 atom stereocenters. The van der Waals surface area contributed by atoms with E-state index in [1.165, 1.54) is 0 Å². The summed E-state index contributed by atoms with van der Waals surface area (Å²) < 4.78 is 0. The van der Waals surface area contributed by atoms with Crippen molar-refractivity contribution in [1.82, 2.24) is 0 Å². The summed E-state index contributed by atoms with van der Waals surface area (Å²) in [5, 5.41) is 18.8. The Hall–Kier alpha value is -0.790. The van der Waals surface area contributed by atoms with Crippen LogP contribution in [-0.4, -0.2) is 0 Å². The van der Waals surface area contributed by atoms with Gasteiger partial charge in [0.25, 0.3) is 0 Å². The summed E-state index contributed by atoms with van der Waals surface area (Å²) in [4.78, 5) is 0. The van der Waals surface area contributed by atoms with Crippen LogP contribution in [0.4, 0.5) is 0 Å². The Kier molecular flexibility index (Phi) is 730. The van der Waals surface area contributed by atoms with Gasteiger partial charge in [-0.15, -0.1) is 0 Å². The molecule has 0 aliphatic carbocycles. The third-order valence-electron chi connectivity index (χ3n) is 0. The van der Waals surface area contributed by atoms with Crippen LogP contribution >= 0.6 is 0 Å². The third kappa shape index (κ3) is 86.1. The Morgan fingerprint density at radius 2 is 0.571 bits per heavy atom. The molecule has 0 rings (SSSR count). The fraction of sp³-hybridized carbons (Fsp3) is 0. The van der Waals surface area contributed by atoms with Crippen LogP contribution in [0.5, 0.6) is 0 Å². The third-order valence-corrected chi connectivity index (χ3v) is 0. The second-order valence-corrected chi connectivity index (χ2v) is 0. The van der Waals surface area contributed by atoms with E-state index in [0.717, 1.165) is 0 Å². The van der Waals surface area contributed by atoms with Crippen molar-refractivity contribution in [3.8, 4) is 0 Å². The Morgan fingerprint density at radius 3 is 0.571 bits per heavy atom. The average Bonchev–Trinajstić information content (AvgIpc) is 1.81. The molecule has 0 aromatic carbocycles. The van der Waals surface area contributed by atoms with Crippen LogP contribution in [0.25, 0.3) is 0 Å². The molecule has 0 aromatic heterocycles. The van der Waals surface area contributed by atoms with Crippen molar-refractivity contribution in [2.45, 2.75) is 0 Å². The largest absolute Gasteiger partial charge is 0.512 e. The van der Waals surface area contributed by atoms with Gasteiger partial charge in [-0.25, -0.2) is 0 Å². The van der Waals surface area contributed by atoms with Crippen LogP contribution < -0.4 is 0 Å². The van der Waals surface area contributed by atoms with E-state index < -0.39 is 0 Å². The first-order valence-corrected chi connectivity index (χ1v) is 0.671. The minimum absolute atomic E-state index is 0. The van der Waals surface area contributed by atoms with Gasteiger partial charge in [0.05, 0.1) is 0 Å². The van der Waals surface area contributed by atoms with Crippen LogP contribution in [0.2, 0.25) is 0 Å². The normalized spacial score (nSPS) is 0.857. The molecule has 1 radical (unpaired) electrons. The standard InChI is InChI=1S/3CN.Au/c3*1-2;/q3*-1;. The zero-order chi connectivity index (χ0) is 6.00. The maximum absolute atomic E-state index is 6.25. The first kappa shape index (κ1) is 34.5. The maximum Gasteiger partial charge on any atom is 0 e. The van der Waals surface area contributed by atoms with Crippen LogP contribution in [0, 0.1) is 35.5 Å². The van der Waals surface area contributed by atoms with Gasteiger partial charge in [0.2, 0.25) is 0 Å². The topological polar surface area (TPSA) is 71.4 Å². The monoisotopic (exact) mass is 275 g/mol. The van der Waals surface area contributed by atoms with Gasteiger partial charge < -0.3 is 35.5 Å². The van der Waals surface area contributed by atoms with Crippen molar-refractivity contribution in [2.75, 3.05) is 0 Å². The summed E-state index contributed by atoms with van der Waals surface area (Å²) in [6, 6.07) is 0. The molecule has 0 spiro atoms. The Morgan fingerprint density at radius 1 is 0.571 bits per heavy atom. The van der Waals surface area contributed by atoms with E-state index in [2.05, 4.69) is 0 Å². The quantitative estimate of drug-likeness (QED) is 0.471. The number of hydrogen-bond acceptors (Lipinski definition) is 3. The van der Waals surface area contributed by atoms with Gasteiger partial charge in [-0.1, -0.05) is 0 Å². The molecule has 0 bridgehead atoms. The smallest absolute Gasteiger partial charge is 0 e. The summed E-state index contributed by atoms with van der Waals surface area (Å²) in [7, 11) is 0. The predicted molar refractivity (Wildman–Crippen MR) is 14.9 cm³/mol. The van der Waals surface area contributed by atoms with Crippen molar-refractivity contribution in [3.05, 3.63) is 19.7 Å². The molecule has 0 aromatic rings. The van der Waals surface area contributed by atoms with Gasteiger partial charge in [0.15, 0.2) is 0 Å². The van der Waals surface area contributed by atoms with Crippen LogP contribution in [-0.2, 0) is 22.4 Å². The molecular formula is C3AuN3-3. The van der Waals surface area contributed by atoms with Gasteiger partial charge in [0, 0.05) is 22.4 Å². The van der Waals surface area contributed by atoms with Gasteiger partial charge in [0.1, 0.15) is 0 Å². The second-order valence-electron chi connectivity index (χ2n) is 0. The van der Waals surface area contributed by atoms with Crippen molar-refractivity contribution >= 4 is 0 Å². The van der Waals surface area contributed by atoms with E-state index >= 15 is 0 Å². The summed E-state index contributed by atoms with van der Waals surface area (Å²) >= 11 is 0. The van der Waals surface area contributed by atoms with E-state index in [1.54, 1.807) is 0 Å². The molecule has 41 valence electrons. The number of rotatable bonds is 0. The maximum atomic E-state index is 6.25. The Balaban J connectivity index is -0.00000000900. The van der Waals surface area contributed by atoms with Gasteiger partial charge in [-0.2, -0.15) is 0 Å². The molecule has 0 aliphatic rings. The van der Waals surface area contributed by atoms with E-state index in [4.69, 9.17) is 35.5 Å². The summed E-state index contributed by atoms with van der Waals surface area (Å²) in [5.74, 6) is 0. The minimum Gasteiger partial charge on any atom is -0.512 e. The summed E-state index contributed by atoms with van der Waals surface area (Å²) in [5.41, 5.74) is 0. The van der Waals surface area contributed by atoms with Crippen LogP contribution in [0.1, 0.15) is 0 Å². The molecule has 0 fully saturated rings. The van der Waals surface area contributed by atoms with Crippen molar-refractivity contribution in [3.63, 3.8) is 0 Å². The second kappa shape index (κ2) is 148. The molecule has 7 heavy (non-hydrogen) atoms. The first-order valence-electron chi connectivity index (χ1n) is 0.671. The summed E-state index contributed by atoms with van der Waals surface area (Å²) in [6.07, 6.45) is 0. The van der Waals surface area contributed by atoms with Crippen molar-refractivity contribution in [1.29, 1.82) is 15.8 Å². The molecule has 0 amide bonds. The SMILES string of the molecule is [Au].[C-]#N.[C-]#N.[C-]#N. The van der Waals surface area contributed by atoms with E-state index in [1.807, 2.05) is 0 Å².